The van der Waals surface area contributed by atoms with Gasteiger partial charge in [-0.15, -0.1) is 0 Å². The molecule has 0 radical (unpaired) electrons. The fourth-order valence-corrected chi connectivity index (χ4v) is 1.39. The topological polar surface area (TPSA) is 60.2 Å². The van der Waals surface area contributed by atoms with Crippen molar-refractivity contribution in [2.75, 3.05) is 0 Å². The minimum absolute atomic E-state index is 0.0293. The van der Waals surface area contributed by atoms with Gasteiger partial charge >= 0.3 is 0 Å². The summed E-state index contributed by atoms with van der Waals surface area (Å²) in [7, 11) is 0. The largest absolute Gasteiger partial charge is 0.366 e. The minimum Gasteiger partial charge on any atom is -0.366 e. The van der Waals surface area contributed by atoms with E-state index in [4.69, 9.17) is 28.9 Å². The normalized spacial score (nSPS) is 9.69. The first-order chi connectivity index (χ1) is 6.07. The van der Waals surface area contributed by atoms with E-state index in [2.05, 4.69) is 0 Å². The van der Waals surface area contributed by atoms with Crippen molar-refractivity contribution in [3.63, 3.8) is 0 Å². The number of primary amides is 1. The molecule has 68 valence electrons. The van der Waals surface area contributed by atoms with Gasteiger partial charge in [0, 0.05) is 5.56 Å². The molecule has 0 unspecified atom stereocenters. The molecular weight excluding hydrogens is 213 g/mol. The highest BCUT2D eigenvalue weighted by Gasteiger charge is 2.14. The standard InChI is InChI=1S/C8H5Cl2NO2/c9-5-1-2-6(10)7(8(11)13)4(5)3-12/h1-3H,(H2,11,13). The van der Waals surface area contributed by atoms with E-state index in [0.717, 1.165) is 0 Å². The van der Waals surface area contributed by atoms with Gasteiger partial charge in [-0.1, -0.05) is 23.2 Å². The van der Waals surface area contributed by atoms with Crippen molar-refractivity contribution in [2.24, 2.45) is 5.73 Å². The molecule has 0 spiro atoms. The van der Waals surface area contributed by atoms with Gasteiger partial charge in [0.15, 0.2) is 6.29 Å². The van der Waals surface area contributed by atoms with Crippen LogP contribution >= 0.6 is 23.2 Å². The molecule has 0 saturated carbocycles. The summed E-state index contributed by atoms with van der Waals surface area (Å²) >= 11 is 11.3. The van der Waals surface area contributed by atoms with E-state index in [-0.39, 0.29) is 21.2 Å². The molecule has 1 rings (SSSR count). The molecule has 5 heteroatoms. The van der Waals surface area contributed by atoms with Crippen molar-refractivity contribution in [1.29, 1.82) is 0 Å². The van der Waals surface area contributed by atoms with Crippen LogP contribution in [0.1, 0.15) is 20.7 Å². The molecular formula is C8H5Cl2NO2. The zero-order valence-electron chi connectivity index (χ0n) is 6.38. The van der Waals surface area contributed by atoms with Crippen LogP contribution in [0.15, 0.2) is 12.1 Å². The number of benzene rings is 1. The lowest BCUT2D eigenvalue weighted by Gasteiger charge is -2.04. The Hall–Kier alpha value is -1.06. The third-order valence-electron chi connectivity index (χ3n) is 1.51. The molecule has 0 saturated heterocycles. The van der Waals surface area contributed by atoms with Crippen LogP contribution in [0.5, 0.6) is 0 Å². The monoisotopic (exact) mass is 217 g/mol. The second-order valence-corrected chi connectivity index (χ2v) is 3.11. The molecule has 0 aromatic heterocycles. The average Bonchev–Trinajstić information content (AvgIpc) is 2.07. The smallest absolute Gasteiger partial charge is 0.250 e. The quantitative estimate of drug-likeness (QED) is 0.770. The van der Waals surface area contributed by atoms with Crippen LogP contribution < -0.4 is 5.73 Å². The van der Waals surface area contributed by atoms with E-state index in [0.29, 0.717) is 6.29 Å². The Bertz CT molecular complexity index is 377. The molecule has 0 aliphatic rings. The number of hydrogen-bond donors (Lipinski definition) is 1. The molecule has 3 nitrogen and oxygen atoms in total. The summed E-state index contributed by atoms with van der Waals surface area (Å²) in [6, 6.07) is 2.84. The Morgan fingerprint density at radius 3 is 2.23 bits per heavy atom. The summed E-state index contributed by atoms with van der Waals surface area (Å²) in [5.41, 5.74) is 5.01. The lowest BCUT2D eigenvalue weighted by molar-refractivity contribution is 0.0993. The highest BCUT2D eigenvalue weighted by Crippen LogP contribution is 2.25. The fraction of sp³-hybridized carbons (Fsp3) is 0. The molecule has 13 heavy (non-hydrogen) atoms. The Balaban J connectivity index is 3.52. The number of rotatable bonds is 2. The summed E-state index contributed by atoms with van der Waals surface area (Å²) < 4.78 is 0. The highest BCUT2D eigenvalue weighted by molar-refractivity contribution is 6.38. The number of hydrogen-bond acceptors (Lipinski definition) is 2. The number of aldehydes is 1. The van der Waals surface area contributed by atoms with Gasteiger partial charge in [0.05, 0.1) is 15.6 Å². The van der Waals surface area contributed by atoms with Crippen LogP contribution in [0, 0.1) is 0 Å². The van der Waals surface area contributed by atoms with Crippen LogP contribution in [0.2, 0.25) is 10.0 Å². The van der Waals surface area contributed by atoms with Gasteiger partial charge in [0.1, 0.15) is 0 Å². The molecule has 0 heterocycles. The highest BCUT2D eigenvalue weighted by atomic mass is 35.5. The molecule has 0 aliphatic carbocycles. The summed E-state index contributed by atoms with van der Waals surface area (Å²) in [5, 5.41) is 0.284. The lowest BCUT2D eigenvalue weighted by atomic mass is 10.1. The number of carbonyl (C=O) groups is 2. The van der Waals surface area contributed by atoms with Crippen molar-refractivity contribution in [1.82, 2.24) is 0 Å². The Kier molecular flexibility index (Phi) is 2.90. The molecule has 0 bridgehead atoms. The molecule has 0 aliphatic heterocycles. The number of nitrogens with two attached hydrogens (primary N) is 1. The first kappa shape index (κ1) is 10.0. The predicted octanol–water partition coefficient (Wildman–Crippen LogP) is 1.90. The zero-order valence-corrected chi connectivity index (χ0v) is 7.89. The van der Waals surface area contributed by atoms with Crippen molar-refractivity contribution < 1.29 is 9.59 Å². The predicted molar refractivity (Wildman–Crippen MR) is 50.4 cm³/mol. The molecule has 1 aromatic rings. The summed E-state index contributed by atoms with van der Waals surface area (Å²) in [4.78, 5) is 21.4. The first-order valence-electron chi connectivity index (χ1n) is 3.31. The van der Waals surface area contributed by atoms with Crippen molar-refractivity contribution in [3.05, 3.63) is 33.3 Å². The Labute approximate surface area is 84.4 Å². The number of amides is 1. The fourth-order valence-electron chi connectivity index (χ4n) is 0.933. The third kappa shape index (κ3) is 1.82. The molecule has 1 aromatic carbocycles. The van der Waals surface area contributed by atoms with E-state index >= 15 is 0 Å². The van der Waals surface area contributed by atoms with Gasteiger partial charge in [-0.2, -0.15) is 0 Å². The van der Waals surface area contributed by atoms with Gasteiger partial charge in [0.2, 0.25) is 0 Å². The van der Waals surface area contributed by atoms with E-state index in [1.807, 2.05) is 0 Å². The van der Waals surface area contributed by atoms with Crippen LogP contribution in [0.3, 0.4) is 0 Å². The average molecular weight is 218 g/mol. The summed E-state index contributed by atoms with van der Waals surface area (Å²) in [5.74, 6) is -0.769. The third-order valence-corrected chi connectivity index (χ3v) is 2.15. The van der Waals surface area contributed by atoms with Crippen molar-refractivity contribution >= 4 is 35.4 Å². The van der Waals surface area contributed by atoms with Crippen LogP contribution in [-0.2, 0) is 0 Å². The second kappa shape index (κ2) is 3.77. The maximum absolute atomic E-state index is 10.9. The lowest BCUT2D eigenvalue weighted by Crippen LogP contribution is -2.14. The maximum atomic E-state index is 10.9. The summed E-state index contributed by atoms with van der Waals surface area (Å²) in [6.07, 6.45) is 0.453. The minimum atomic E-state index is -0.769. The van der Waals surface area contributed by atoms with Gasteiger partial charge in [-0.25, -0.2) is 0 Å². The zero-order chi connectivity index (χ0) is 10.0. The van der Waals surface area contributed by atoms with Crippen molar-refractivity contribution in [2.45, 2.75) is 0 Å². The van der Waals surface area contributed by atoms with Crippen LogP contribution in [-0.4, -0.2) is 12.2 Å². The van der Waals surface area contributed by atoms with Crippen molar-refractivity contribution in [3.8, 4) is 0 Å². The first-order valence-corrected chi connectivity index (χ1v) is 4.06. The van der Waals surface area contributed by atoms with E-state index < -0.39 is 5.91 Å². The van der Waals surface area contributed by atoms with E-state index in [1.165, 1.54) is 12.1 Å². The Morgan fingerprint density at radius 2 is 1.85 bits per heavy atom. The number of halogens is 2. The number of carbonyl (C=O) groups excluding carboxylic acids is 2. The van der Waals surface area contributed by atoms with Gasteiger partial charge < -0.3 is 5.73 Å². The van der Waals surface area contributed by atoms with Gasteiger partial charge in [0.25, 0.3) is 5.91 Å². The van der Waals surface area contributed by atoms with Gasteiger partial charge in [-0.05, 0) is 12.1 Å². The summed E-state index contributed by atoms with van der Waals surface area (Å²) in [6.45, 7) is 0. The van der Waals surface area contributed by atoms with E-state index in [1.54, 1.807) is 0 Å². The molecule has 1 amide bonds. The second-order valence-electron chi connectivity index (χ2n) is 2.30. The van der Waals surface area contributed by atoms with Gasteiger partial charge in [-0.3, -0.25) is 9.59 Å². The molecule has 0 atom stereocenters. The van der Waals surface area contributed by atoms with E-state index in [9.17, 15) is 9.59 Å². The molecule has 2 N–H and O–H groups in total. The van der Waals surface area contributed by atoms with Crippen LogP contribution in [0.25, 0.3) is 0 Å². The molecule has 0 fully saturated rings. The maximum Gasteiger partial charge on any atom is 0.250 e. The Morgan fingerprint density at radius 1 is 1.31 bits per heavy atom. The van der Waals surface area contributed by atoms with Crippen LogP contribution in [0.4, 0.5) is 0 Å². The SMILES string of the molecule is NC(=O)c1c(Cl)ccc(Cl)c1C=O.